The highest BCUT2D eigenvalue weighted by Gasteiger charge is 2.28. The fraction of sp³-hybridized carbons (Fsp3) is 0.533. The van der Waals surface area contributed by atoms with Gasteiger partial charge in [-0.2, -0.15) is 0 Å². The molecule has 2 aliphatic rings. The van der Waals surface area contributed by atoms with Gasteiger partial charge in [-0.15, -0.1) is 0 Å². The van der Waals surface area contributed by atoms with Crippen LogP contribution in [0.15, 0.2) is 18.2 Å². The highest BCUT2D eigenvalue weighted by Crippen LogP contribution is 2.34. The second kappa shape index (κ2) is 6.32. The number of fused-ring (bicyclic) bond motifs is 1. The van der Waals surface area contributed by atoms with Crippen LogP contribution in [-0.2, 0) is 4.79 Å². The first-order chi connectivity index (χ1) is 10.2. The zero-order chi connectivity index (χ0) is 14.7. The van der Waals surface area contributed by atoms with E-state index in [-0.39, 0.29) is 18.6 Å². The topological polar surface area (TPSA) is 79.8 Å². The van der Waals surface area contributed by atoms with Gasteiger partial charge >= 0.3 is 0 Å². The lowest BCUT2D eigenvalue weighted by Gasteiger charge is -2.13. The fourth-order valence-corrected chi connectivity index (χ4v) is 2.24. The molecule has 6 nitrogen and oxygen atoms in total. The summed E-state index contributed by atoms with van der Waals surface area (Å²) in [7, 11) is 0. The van der Waals surface area contributed by atoms with Gasteiger partial charge in [0, 0.05) is 25.6 Å². The van der Waals surface area contributed by atoms with Crippen molar-refractivity contribution in [3.05, 3.63) is 23.8 Å². The van der Waals surface area contributed by atoms with Crippen molar-refractivity contribution in [2.75, 3.05) is 26.4 Å². The molecule has 1 amide bonds. The molecule has 21 heavy (non-hydrogen) atoms. The van der Waals surface area contributed by atoms with Gasteiger partial charge in [0.15, 0.2) is 11.5 Å². The van der Waals surface area contributed by atoms with Crippen LogP contribution < -0.4 is 20.1 Å². The highest BCUT2D eigenvalue weighted by molar-refractivity contribution is 5.80. The number of carbonyl (C=O) groups is 1. The molecule has 1 aliphatic carbocycles. The summed E-state index contributed by atoms with van der Waals surface area (Å²) in [5.74, 6) is 1.77. The smallest absolute Gasteiger partial charge is 0.231 e. The van der Waals surface area contributed by atoms with Gasteiger partial charge in [0.1, 0.15) is 0 Å². The molecular formula is C15H20N2O4. The van der Waals surface area contributed by atoms with Crippen LogP contribution in [0, 0.1) is 5.92 Å². The highest BCUT2D eigenvalue weighted by atomic mass is 16.7. The average Bonchev–Trinajstić information content (AvgIpc) is 3.24. The predicted octanol–water partition coefficient (Wildman–Crippen LogP) is 0.564. The predicted molar refractivity (Wildman–Crippen MR) is 76.1 cm³/mol. The van der Waals surface area contributed by atoms with E-state index in [1.807, 2.05) is 6.07 Å². The molecule has 3 N–H and O–H groups in total. The number of aliphatic hydroxyl groups excluding tert-OH is 1. The van der Waals surface area contributed by atoms with Crippen molar-refractivity contribution in [2.45, 2.75) is 18.9 Å². The maximum absolute atomic E-state index is 11.4. The molecule has 6 heteroatoms. The standard InChI is InChI=1S/C15H20N2O4/c18-12(8-16-5-6-17-15(19)10-1-2-10)11-3-4-13-14(7-11)21-9-20-13/h3-4,7,10,12,16,18H,1-2,5-6,8-9H2,(H,17,19). The second-order valence-corrected chi connectivity index (χ2v) is 5.40. The van der Waals surface area contributed by atoms with E-state index in [0.29, 0.717) is 31.1 Å². The Morgan fingerprint density at radius 3 is 2.90 bits per heavy atom. The average molecular weight is 292 g/mol. The van der Waals surface area contributed by atoms with Crippen LogP contribution in [0.25, 0.3) is 0 Å². The number of hydrogen-bond donors (Lipinski definition) is 3. The van der Waals surface area contributed by atoms with Crippen molar-refractivity contribution in [1.29, 1.82) is 0 Å². The lowest BCUT2D eigenvalue weighted by Crippen LogP contribution is -2.34. The number of amides is 1. The minimum absolute atomic E-state index is 0.146. The molecule has 114 valence electrons. The molecule has 1 heterocycles. The molecule has 0 aromatic heterocycles. The zero-order valence-electron chi connectivity index (χ0n) is 11.8. The third kappa shape index (κ3) is 3.65. The maximum Gasteiger partial charge on any atom is 0.231 e. The van der Waals surface area contributed by atoms with Gasteiger partial charge < -0.3 is 25.2 Å². The van der Waals surface area contributed by atoms with Crippen molar-refractivity contribution in [3.63, 3.8) is 0 Å². The molecule has 1 aromatic carbocycles. The van der Waals surface area contributed by atoms with E-state index in [4.69, 9.17) is 9.47 Å². The largest absolute Gasteiger partial charge is 0.454 e. The summed E-state index contributed by atoms with van der Waals surface area (Å²) in [6.45, 7) is 1.88. The van der Waals surface area contributed by atoms with Crippen LogP contribution in [0.1, 0.15) is 24.5 Å². The molecule has 1 atom stereocenters. The Morgan fingerprint density at radius 1 is 1.29 bits per heavy atom. The second-order valence-electron chi connectivity index (χ2n) is 5.40. The van der Waals surface area contributed by atoms with E-state index < -0.39 is 6.10 Å². The molecule has 1 aliphatic heterocycles. The minimum atomic E-state index is -0.612. The Kier molecular flexibility index (Phi) is 4.26. The van der Waals surface area contributed by atoms with Crippen LogP contribution in [0.4, 0.5) is 0 Å². The van der Waals surface area contributed by atoms with Gasteiger partial charge in [-0.1, -0.05) is 6.07 Å². The van der Waals surface area contributed by atoms with Gasteiger partial charge in [0.05, 0.1) is 6.10 Å². The Balaban J connectivity index is 1.37. The summed E-state index contributed by atoms with van der Waals surface area (Å²) in [6, 6.07) is 5.43. The minimum Gasteiger partial charge on any atom is -0.454 e. The first kappa shape index (κ1) is 14.2. The normalized spacial score (nSPS) is 17.6. The van der Waals surface area contributed by atoms with E-state index in [0.717, 1.165) is 18.4 Å². The van der Waals surface area contributed by atoms with Gasteiger partial charge in [-0.25, -0.2) is 0 Å². The number of hydrogen-bond acceptors (Lipinski definition) is 5. The first-order valence-electron chi connectivity index (χ1n) is 7.30. The molecule has 1 aromatic rings. The van der Waals surface area contributed by atoms with E-state index in [1.54, 1.807) is 12.1 Å². The molecule has 1 unspecified atom stereocenters. The van der Waals surface area contributed by atoms with Gasteiger partial charge in [0.25, 0.3) is 0 Å². The summed E-state index contributed by atoms with van der Waals surface area (Å²) < 4.78 is 10.5. The number of benzene rings is 1. The fourth-order valence-electron chi connectivity index (χ4n) is 2.24. The Bertz CT molecular complexity index is 516. The quantitative estimate of drug-likeness (QED) is 0.640. The Labute approximate surface area is 123 Å². The van der Waals surface area contributed by atoms with Gasteiger partial charge in [-0.3, -0.25) is 4.79 Å². The number of carbonyl (C=O) groups excluding carboxylic acids is 1. The van der Waals surface area contributed by atoms with Crippen LogP contribution in [0.5, 0.6) is 11.5 Å². The summed E-state index contributed by atoms with van der Waals surface area (Å²) >= 11 is 0. The first-order valence-corrected chi connectivity index (χ1v) is 7.30. The van der Waals surface area contributed by atoms with Crippen molar-refractivity contribution >= 4 is 5.91 Å². The third-order valence-electron chi connectivity index (χ3n) is 3.67. The van der Waals surface area contributed by atoms with E-state index in [9.17, 15) is 9.90 Å². The van der Waals surface area contributed by atoms with Crippen LogP contribution in [0.2, 0.25) is 0 Å². The third-order valence-corrected chi connectivity index (χ3v) is 3.67. The number of nitrogens with one attached hydrogen (secondary N) is 2. The monoisotopic (exact) mass is 292 g/mol. The molecule has 1 saturated carbocycles. The van der Waals surface area contributed by atoms with E-state index >= 15 is 0 Å². The molecule has 0 bridgehead atoms. The lowest BCUT2D eigenvalue weighted by molar-refractivity contribution is -0.122. The number of aliphatic hydroxyl groups is 1. The Morgan fingerprint density at radius 2 is 2.10 bits per heavy atom. The molecule has 0 radical (unpaired) electrons. The number of rotatable bonds is 7. The van der Waals surface area contributed by atoms with E-state index in [2.05, 4.69) is 10.6 Å². The van der Waals surface area contributed by atoms with Crippen LogP contribution in [-0.4, -0.2) is 37.4 Å². The number of ether oxygens (including phenoxy) is 2. The molecule has 0 saturated heterocycles. The molecule has 0 spiro atoms. The van der Waals surface area contributed by atoms with Crippen molar-refractivity contribution in [2.24, 2.45) is 5.92 Å². The van der Waals surface area contributed by atoms with Crippen molar-refractivity contribution in [3.8, 4) is 11.5 Å². The van der Waals surface area contributed by atoms with Crippen molar-refractivity contribution in [1.82, 2.24) is 10.6 Å². The molecule has 1 fully saturated rings. The summed E-state index contributed by atoms with van der Waals surface area (Å²) in [4.78, 5) is 11.4. The summed E-state index contributed by atoms with van der Waals surface area (Å²) in [5, 5.41) is 16.1. The SMILES string of the molecule is O=C(NCCNCC(O)c1ccc2c(c1)OCO2)C1CC1. The maximum atomic E-state index is 11.4. The summed E-state index contributed by atoms with van der Waals surface area (Å²) in [6.07, 6.45) is 1.42. The zero-order valence-corrected chi connectivity index (χ0v) is 11.8. The molecule has 3 rings (SSSR count). The van der Waals surface area contributed by atoms with Crippen LogP contribution >= 0.6 is 0 Å². The van der Waals surface area contributed by atoms with Crippen molar-refractivity contribution < 1.29 is 19.4 Å². The molecular weight excluding hydrogens is 272 g/mol. The Hall–Kier alpha value is -1.79. The van der Waals surface area contributed by atoms with Crippen LogP contribution in [0.3, 0.4) is 0 Å². The lowest BCUT2D eigenvalue weighted by atomic mass is 10.1. The summed E-state index contributed by atoms with van der Waals surface area (Å²) in [5.41, 5.74) is 0.786. The van der Waals surface area contributed by atoms with Gasteiger partial charge in [-0.05, 0) is 30.5 Å². The van der Waals surface area contributed by atoms with Gasteiger partial charge in [0.2, 0.25) is 12.7 Å². The van der Waals surface area contributed by atoms with E-state index in [1.165, 1.54) is 0 Å².